The average Bonchev–Trinajstić information content (AvgIpc) is 3.07. The first kappa shape index (κ1) is 14.9. The van der Waals surface area contributed by atoms with Gasteiger partial charge < -0.3 is 15.2 Å². The van der Waals surface area contributed by atoms with E-state index in [1.54, 1.807) is 7.11 Å². The highest BCUT2D eigenvalue weighted by Crippen LogP contribution is 2.35. The first-order valence-corrected chi connectivity index (χ1v) is 7.03. The van der Waals surface area contributed by atoms with E-state index in [0.717, 1.165) is 24.8 Å². The molecule has 2 N–H and O–H groups in total. The van der Waals surface area contributed by atoms with Crippen LogP contribution in [0.25, 0.3) is 0 Å². The molecule has 3 nitrogen and oxygen atoms in total. The van der Waals surface area contributed by atoms with Gasteiger partial charge in [-0.05, 0) is 50.5 Å². The second-order valence-electron chi connectivity index (χ2n) is 5.77. The van der Waals surface area contributed by atoms with E-state index in [1.165, 1.54) is 25.7 Å². The van der Waals surface area contributed by atoms with Gasteiger partial charge in [0.1, 0.15) is 0 Å². The van der Waals surface area contributed by atoms with Gasteiger partial charge in [-0.25, -0.2) is 0 Å². The summed E-state index contributed by atoms with van der Waals surface area (Å²) in [5.74, 6) is 1.69. The first-order valence-electron chi connectivity index (χ1n) is 7.03. The minimum Gasteiger partial charge on any atom is -0.391 e. The van der Waals surface area contributed by atoms with Crippen molar-refractivity contribution in [3.8, 4) is 0 Å². The van der Waals surface area contributed by atoms with Crippen molar-refractivity contribution in [1.29, 1.82) is 0 Å². The van der Waals surface area contributed by atoms with Crippen molar-refractivity contribution < 1.29 is 9.84 Å². The molecule has 17 heavy (non-hydrogen) atoms. The van der Waals surface area contributed by atoms with E-state index in [4.69, 9.17) is 4.74 Å². The summed E-state index contributed by atoms with van der Waals surface area (Å²) >= 11 is 0. The fourth-order valence-corrected chi connectivity index (χ4v) is 2.23. The smallest absolute Gasteiger partial charge is 0.0785 e. The van der Waals surface area contributed by atoms with Gasteiger partial charge in [0.15, 0.2) is 0 Å². The predicted molar refractivity (Wildman–Crippen MR) is 71.1 cm³/mol. The maximum Gasteiger partial charge on any atom is 0.0785 e. The van der Waals surface area contributed by atoms with Gasteiger partial charge in [0.2, 0.25) is 0 Å². The van der Waals surface area contributed by atoms with Crippen LogP contribution in [0.15, 0.2) is 0 Å². The molecule has 1 rings (SSSR count). The summed E-state index contributed by atoms with van der Waals surface area (Å²) in [4.78, 5) is 0. The van der Waals surface area contributed by atoms with Gasteiger partial charge in [-0.15, -0.1) is 0 Å². The van der Waals surface area contributed by atoms with Crippen molar-refractivity contribution in [2.24, 2.45) is 11.8 Å². The zero-order valence-corrected chi connectivity index (χ0v) is 11.6. The van der Waals surface area contributed by atoms with Crippen molar-refractivity contribution in [2.75, 3.05) is 20.3 Å². The number of rotatable bonds is 10. The Morgan fingerprint density at radius 2 is 1.94 bits per heavy atom. The summed E-state index contributed by atoms with van der Waals surface area (Å²) in [5.41, 5.74) is 0. The molecule has 0 aromatic carbocycles. The fraction of sp³-hybridized carbons (Fsp3) is 1.00. The zero-order chi connectivity index (χ0) is 12.7. The number of ether oxygens (including phenoxy) is 1. The third-order valence-corrected chi connectivity index (χ3v) is 3.49. The summed E-state index contributed by atoms with van der Waals surface area (Å²) in [6.45, 7) is 5.92. The predicted octanol–water partition coefficient (Wildman–Crippen LogP) is 2.19. The average molecular weight is 243 g/mol. The van der Waals surface area contributed by atoms with Crippen LogP contribution in [-0.4, -0.2) is 37.5 Å². The van der Waals surface area contributed by atoms with E-state index >= 15 is 0 Å². The molecule has 1 aliphatic rings. The molecular formula is C14H29NO2. The van der Waals surface area contributed by atoms with E-state index in [1.807, 2.05) is 0 Å². The standard InChI is InChI=1S/C14H29NO2/c1-11(2)4-7-14(12-5-6-12)15-9-8-13(16)10-17-3/h11-16H,4-10H2,1-3H3. The van der Waals surface area contributed by atoms with Crippen molar-refractivity contribution in [2.45, 2.75) is 58.1 Å². The number of hydrogen-bond donors (Lipinski definition) is 2. The number of aliphatic hydroxyl groups excluding tert-OH is 1. The third kappa shape index (κ3) is 7.02. The summed E-state index contributed by atoms with van der Waals surface area (Å²) in [6, 6.07) is 0.673. The van der Waals surface area contributed by atoms with Crippen LogP contribution >= 0.6 is 0 Å². The van der Waals surface area contributed by atoms with Gasteiger partial charge in [-0.3, -0.25) is 0 Å². The van der Waals surface area contributed by atoms with Crippen molar-refractivity contribution in [1.82, 2.24) is 5.32 Å². The van der Waals surface area contributed by atoms with Crippen LogP contribution in [-0.2, 0) is 4.74 Å². The quantitative estimate of drug-likeness (QED) is 0.618. The zero-order valence-electron chi connectivity index (χ0n) is 11.6. The molecule has 3 heteroatoms. The molecule has 0 radical (unpaired) electrons. The number of methoxy groups -OCH3 is 1. The Kier molecular flexibility index (Phi) is 7.09. The molecule has 0 spiro atoms. The Morgan fingerprint density at radius 3 is 2.47 bits per heavy atom. The Hall–Kier alpha value is -0.120. The highest BCUT2D eigenvalue weighted by molar-refractivity contribution is 4.86. The molecule has 0 aliphatic heterocycles. The molecule has 2 unspecified atom stereocenters. The van der Waals surface area contributed by atoms with Crippen molar-refractivity contribution >= 4 is 0 Å². The molecule has 2 atom stereocenters. The van der Waals surface area contributed by atoms with Crippen molar-refractivity contribution in [3.05, 3.63) is 0 Å². The van der Waals surface area contributed by atoms with Crippen LogP contribution in [0.4, 0.5) is 0 Å². The van der Waals surface area contributed by atoms with Crippen LogP contribution in [0.1, 0.15) is 46.0 Å². The lowest BCUT2D eigenvalue weighted by atomic mass is 10.00. The van der Waals surface area contributed by atoms with Crippen LogP contribution in [0, 0.1) is 11.8 Å². The van der Waals surface area contributed by atoms with E-state index < -0.39 is 0 Å². The summed E-state index contributed by atoms with van der Waals surface area (Å²) in [7, 11) is 1.63. The Bertz CT molecular complexity index is 193. The normalized spacial score (nSPS) is 19.6. The van der Waals surface area contributed by atoms with Gasteiger partial charge >= 0.3 is 0 Å². The molecule has 0 aromatic heterocycles. The van der Waals surface area contributed by atoms with Gasteiger partial charge in [0.25, 0.3) is 0 Å². The molecule has 0 bridgehead atoms. The molecule has 1 saturated carbocycles. The van der Waals surface area contributed by atoms with Crippen molar-refractivity contribution in [3.63, 3.8) is 0 Å². The Morgan fingerprint density at radius 1 is 1.24 bits per heavy atom. The molecule has 1 fully saturated rings. The lowest BCUT2D eigenvalue weighted by Gasteiger charge is -2.20. The molecule has 0 aromatic rings. The van der Waals surface area contributed by atoms with E-state index in [9.17, 15) is 5.11 Å². The Labute approximate surface area is 106 Å². The van der Waals surface area contributed by atoms with Crippen LogP contribution in [0.5, 0.6) is 0 Å². The molecule has 102 valence electrons. The maximum absolute atomic E-state index is 9.57. The first-order chi connectivity index (χ1) is 8.13. The lowest BCUT2D eigenvalue weighted by molar-refractivity contribution is 0.0587. The molecule has 0 heterocycles. The van der Waals surface area contributed by atoms with Gasteiger partial charge in [-0.1, -0.05) is 13.8 Å². The van der Waals surface area contributed by atoms with Crippen LogP contribution < -0.4 is 5.32 Å². The highest BCUT2D eigenvalue weighted by Gasteiger charge is 2.30. The molecular weight excluding hydrogens is 214 g/mol. The maximum atomic E-state index is 9.57. The van der Waals surface area contributed by atoms with Crippen LogP contribution in [0.3, 0.4) is 0 Å². The largest absolute Gasteiger partial charge is 0.391 e. The number of hydrogen-bond acceptors (Lipinski definition) is 3. The van der Waals surface area contributed by atoms with E-state index in [0.29, 0.717) is 12.6 Å². The summed E-state index contributed by atoms with van der Waals surface area (Å²) in [5, 5.41) is 13.2. The SMILES string of the molecule is COCC(O)CCNC(CCC(C)C)C1CC1. The topological polar surface area (TPSA) is 41.5 Å². The second-order valence-corrected chi connectivity index (χ2v) is 5.77. The third-order valence-electron chi connectivity index (χ3n) is 3.49. The van der Waals surface area contributed by atoms with Gasteiger partial charge in [0, 0.05) is 13.2 Å². The van der Waals surface area contributed by atoms with Gasteiger partial charge in [0.05, 0.1) is 12.7 Å². The molecule has 1 aliphatic carbocycles. The number of aliphatic hydroxyl groups is 1. The molecule has 0 saturated heterocycles. The van der Waals surface area contributed by atoms with Gasteiger partial charge in [-0.2, -0.15) is 0 Å². The second kappa shape index (κ2) is 8.06. The minimum absolute atomic E-state index is 0.322. The molecule has 0 amide bonds. The number of nitrogens with one attached hydrogen (secondary N) is 1. The highest BCUT2D eigenvalue weighted by atomic mass is 16.5. The summed E-state index contributed by atoms with van der Waals surface area (Å²) in [6.07, 6.45) is 5.82. The van der Waals surface area contributed by atoms with E-state index in [-0.39, 0.29) is 6.10 Å². The van der Waals surface area contributed by atoms with E-state index in [2.05, 4.69) is 19.2 Å². The fourth-order valence-electron chi connectivity index (χ4n) is 2.23. The van der Waals surface area contributed by atoms with Crippen LogP contribution in [0.2, 0.25) is 0 Å². The summed E-state index contributed by atoms with van der Waals surface area (Å²) < 4.78 is 4.92. The Balaban J connectivity index is 2.11. The monoisotopic (exact) mass is 243 g/mol. The minimum atomic E-state index is -0.322. The lowest BCUT2D eigenvalue weighted by Crippen LogP contribution is -2.34.